The largest absolute Gasteiger partial charge is 0.493 e. The normalized spacial score (nSPS) is 11.1. The number of H-pyrrole nitrogens is 1. The molecule has 0 saturated heterocycles. The highest BCUT2D eigenvalue weighted by molar-refractivity contribution is 9.11. The molecule has 1 heterocycles. The number of fused-ring (bicyclic) bond motifs is 1. The van der Waals surface area contributed by atoms with Gasteiger partial charge in [-0.05, 0) is 64.8 Å². The molecule has 45 heavy (non-hydrogen) atoms. The third-order valence-electron chi connectivity index (χ3n) is 6.67. The number of carbonyl (C=O) groups excluding carboxylic acids is 3. The van der Waals surface area contributed by atoms with Crippen LogP contribution in [0.15, 0.2) is 86.8 Å². The maximum atomic E-state index is 13.5. The molecule has 9 nitrogen and oxygen atoms in total. The molecule has 0 aliphatic rings. The van der Waals surface area contributed by atoms with E-state index in [1.807, 2.05) is 43.3 Å². The van der Waals surface area contributed by atoms with Gasteiger partial charge in [0.1, 0.15) is 5.69 Å². The number of aromatic amines is 1. The summed E-state index contributed by atoms with van der Waals surface area (Å²) in [5.41, 5.74) is 6.52. The van der Waals surface area contributed by atoms with Gasteiger partial charge >= 0.3 is 11.9 Å². The van der Waals surface area contributed by atoms with E-state index in [-0.39, 0.29) is 28.5 Å². The first-order valence-electron chi connectivity index (χ1n) is 13.3. The van der Waals surface area contributed by atoms with Crippen molar-refractivity contribution in [1.82, 2.24) is 10.4 Å². The molecule has 0 aliphatic heterocycles. The lowest BCUT2D eigenvalue weighted by Crippen LogP contribution is -2.19. The summed E-state index contributed by atoms with van der Waals surface area (Å²) in [6.07, 6.45) is 1.36. The van der Waals surface area contributed by atoms with E-state index in [1.165, 1.54) is 38.4 Å². The fraction of sp³-hybridized carbons (Fsp3) is 0.0909. The predicted molar refractivity (Wildman–Crippen MR) is 180 cm³/mol. The number of nitrogens with one attached hydrogen (secondary N) is 2. The fourth-order valence-corrected chi connectivity index (χ4v) is 6.23. The fourth-order valence-electron chi connectivity index (χ4n) is 4.66. The monoisotopic (exact) mass is 751 g/mol. The van der Waals surface area contributed by atoms with Gasteiger partial charge in [0.2, 0.25) is 0 Å². The third kappa shape index (κ3) is 6.95. The highest BCUT2D eigenvalue weighted by atomic mass is 79.9. The number of para-hydroxylation sites is 1. The van der Waals surface area contributed by atoms with E-state index in [9.17, 15) is 14.4 Å². The molecular formula is C33H24Br2ClN3O6. The highest BCUT2D eigenvalue weighted by Crippen LogP contribution is 2.38. The number of rotatable bonds is 8. The van der Waals surface area contributed by atoms with E-state index < -0.39 is 17.8 Å². The number of hydrazone groups is 1. The summed E-state index contributed by atoms with van der Waals surface area (Å²) in [4.78, 5) is 41.3. The van der Waals surface area contributed by atoms with Crippen molar-refractivity contribution in [3.05, 3.63) is 109 Å². The van der Waals surface area contributed by atoms with Crippen LogP contribution in [0.5, 0.6) is 17.2 Å². The van der Waals surface area contributed by atoms with Crippen molar-refractivity contribution in [2.45, 2.75) is 13.8 Å². The summed E-state index contributed by atoms with van der Waals surface area (Å²) < 4.78 is 17.2. The Morgan fingerprint density at radius 3 is 2.47 bits per heavy atom. The number of hydrogen-bond donors (Lipinski definition) is 2. The standard InChI is InChI=1S/C33H24Br2ClN3O6/c1-17-7-6-9-23-28(22-8-4-5-10-25(22)36)30(38-29(17)23)32(41)39-37-16-20-13-21(34)15-24(35)31(20)45-33(42)19-11-12-26(44-18(2)40)27(14-19)43-3/h4-16,38H,1-3H3,(H,39,41). The van der Waals surface area contributed by atoms with E-state index in [0.717, 1.165) is 16.5 Å². The van der Waals surface area contributed by atoms with Crippen molar-refractivity contribution < 1.29 is 28.6 Å². The summed E-state index contributed by atoms with van der Waals surface area (Å²) in [6, 6.07) is 20.8. The molecule has 0 unspecified atom stereocenters. The number of esters is 2. The molecule has 1 aromatic heterocycles. The topological polar surface area (TPSA) is 119 Å². The van der Waals surface area contributed by atoms with Crippen LogP contribution in [0.2, 0.25) is 5.02 Å². The van der Waals surface area contributed by atoms with Crippen LogP contribution < -0.4 is 19.6 Å². The smallest absolute Gasteiger partial charge is 0.343 e. The number of halogens is 3. The minimum absolute atomic E-state index is 0.148. The molecule has 12 heteroatoms. The van der Waals surface area contributed by atoms with Crippen LogP contribution >= 0.6 is 43.5 Å². The number of hydrogen-bond acceptors (Lipinski definition) is 7. The molecule has 0 spiro atoms. The first-order valence-corrected chi connectivity index (χ1v) is 15.3. The average Bonchev–Trinajstić information content (AvgIpc) is 3.39. The molecule has 0 radical (unpaired) electrons. The van der Waals surface area contributed by atoms with Gasteiger partial charge in [-0.15, -0.1) is 0 Å². The van der Waals surface area contributed by atoms with E-state index in [0.29, 0.717) is 30.7 Å². The Morgan fingerprint density at radius 1 is 0.956 bits per heavy atom. The van der Waals surface area contributed by atoms with Crippen molar-refractivity contribution >= 4 is 78.4 Å². The van der Waals surface area contributed by atoms with Crippen molar-refractivity contribution in [2.75, 3.05) is 7.11 Å². The van der Waals surface area contributed by atoms with Crippen LogP contribution in [-0.2, 0) is 4.79 Å². The van der Waals surface area contributed by atoms with Crippen LogP contribution in [0.1, 0.15) is 38.9 Å². The lowest BCUT2D eigenvalue weighted by molar-refractivity contribution is -0.132. The van der Waals surface area contributed by atoms with Gasteiger partial charge in [0, 0.05) is 44.0 Å². The Hall–Kier alpha value is -4.45. The number of ether oxygens (including phenoxy) is 3. The van der Waals surface area contributed by atoms with Crippen molar-refractivity contribution in [2.24, 2.45) is 5.10 Å². The molecule has 0 aliphatic carbocycles. The zero-order valence-corrected chi connectivity index (χ0v) is 28.0. The van der Waals surface area contributed by atoms with Gasteiger partial charge in [-0.3, -0.25) is 9.59 Å². The number of benzene rings is 4. The molecule has 4 aromatic carbocycles. The van der Waals surface area contributed by atoms with Crippen molar-refractivity contribution in [1.29, 1.82) is 0 Å². The lowest BCUT2D eigenvalue weighted by atomic mass is 10.0. The van der Waals surface area contributed by atoms with Gasteiger partial charge in [0.25, 0.3) is 5.91 Å². The van der Waals surface area contributed by atoms with Gasteiger partial charge < -0.3 is 19.2 Å². The van der Waals surface area contributed by atoms with E-state index in [1.54, 1.807) is 18.2 Å². The number of methoxy groups -OCH3 is 1. The van der Waals surface area contributed by atoms with Gasteiger partial charge in [0.05, 0.1) is 23.4 Å². The van der Waals surface area contributed by atoms with Crippen molar-refractivity contribution in [3.63, 3.8) is 0 Å². The molecule has 2 N–H and O–H groups in total. The Kier molecular flexibility index (Phi) is 9.71. The first kappa shape index (κ1) is 32.0. The molecule has 0 fully saturated rings. The van der Waals surface area contributed by atoms with Gasteiger partial charge in [-0.25, -0.2) is 10.2 Å². The maximum Gasteiger partial charge on any atom is 0.343 e. The average molecular weight is 754 g/mol. The third-order valence-corrected chi connectivity index (χ3v) is 8.04. The zero-order chi connectivity index (χ0) is 32.2. The molecule has 0 bridgehead atoms. The van der Waals surface area contributed by atoms with E-state index >= 15 is 0 Å². The van der Waals surface area contributed by atoms with E-state index in [4.69, 9.17) is 25.8 Å². The summed E-state index contributed by atoms with van der Waals surface area (Å²) in [7, 11) is 1.39. The second-order valence-corrected chi connectivity index (χ2v) is 11.9. The Bertz CT molecular complexity index is 2010. The van der Waals surface area contributed by atoms with Crippen LogP contribution in [0.4, 0.5) is 0 Å². The van der Waals surface area contributed by atoms with Crippen LogP contribution in [-0.4, -0.2) is 36.2 Å². The van der Waals surface area contributed by atoms with E-state index in [2.05, 4.69) is 47.4 Å². The lowest BCUT2D eigenvalue weighted by Gasteiger charge is -2.12. The summed E-state index contributed by atoms with van der Waals surface area (Å²) >= 11 is 13.4. The van der Waals surface area contributed by atoms with Crippen LogP contribution in [0.25, 0.3) is 22.0 Å². The summed E-state index contributed by atoms with van der Waals surface area (Å²) in [6.45, 7) is 3.21. The molecule has 0 saturated carbocycles. The number of aryl methyl sites for hydroxylation is 1. The second-order valence-electron chi connectivity index (χ2n) is 9.71. The van der Waals surface area contributed by atoms with Gasteiger partial charge in [-0.2, -0.15) is 5.10 Å². The number of carbonyl (C=O) groups is 3. The SMILES string of the molecule is COc1cc(C(=O)Oc2c(Br)cc(Br)cc2C=NNC(=O)c2[nH]c3c(C)cccc3c2-c2ccccc2Cl)ccc1OC(C)=O. The number of amides is 1. The first-order chi connectivity index (χ1) is 21.6. The Balaban J connectivity index is 1.43. The second kappa shape index (κ2) is 13.7. The number of nitrogens with zero attached hydrogens (tertiary/aromatic N) is 1. The van der Waals surface area contributed by atoms with Gasteiger partial charge in [0.15, 0.2) is 17.2 Å². The molecular weight excluding hydrogens is 730 g/mol. The minimum Gasteiger partial charge on any atom is -0.493 e. The number of aromatic nitrogens is 1. The highest BCUT2D eigenvalue weighted by Gasteiger charge is 2.22. The maximum absolute atomic E-state index is 13.5. The zero-order valence-electron chi connectivity index (χ0n) is 24.0. The molecule has 1 amide bonds. The molecule has 228 valence electrons. The predicted octanol–water partition coefficient (Wildman–Crippen LogP) is 8.24. The Labute approximate surface area is 279 Å². The quantitative estimate of drug-likeness (QED) is 0.0714. The van der Waals surface area contributed by atoms with Crippen LogP contribution in [0, 0.1) is 6.92 Å². The molecule has 5 aromatic rings. The summed E-state index contributed by atoms with van der Waals surface area (Å²) in [5, 5.41) is 5.53. The molecule has 5 rings (SSSR count). The summed E-state index contributed by atoms with van der Waals surface area (Å²) in [5.74, 6) is -1.23. The van der Waals surface area contributed by atoms with Crippen LogP contribution in [0.3, 0.4) is 0 Å². The molecule has 0 atom stereocenters. The van der Waals surface area contributed by atoms with Crippen molar-refractivity contribution in [3.8, 4) is 28.4 Å². The minimum atomic E-state index is -0.706. The van der Waals surface area contributed by atoms with Gasteiger partial charge in [-0.1, -0.05) is 63.9 Å². The Morgan fingerprint density at radius 2 is 1.73 bits per heavy atom.